The van der Waals surface area contributed by atoms with Crippen LogP contribution < -0.4 is 10.1 Å². The van der Waals surface area contributed by atoms with Crippen LogP contribution in [0.25, 0.3) is 16.9 Å². The zero-order chi connectivity index (χ0) is 23.3. The summed E-state index contributed by atoms with van der Waals surface area (Å²) in [5.41, 5.74) is 3.75. The summed E-state index contributed by atoms with van der Waals surface area (Å²) >= 11 is 1.46. The SMILES string of the molecule is COc1cccc(-c2nn(-c3ccccc3)cc2C(=O)Nc2nc(CN3CCCCC3)cs2)c1. The third-order valence-corrected chi connectivity index (χ3v) is 6.74. The summed E-state index contributed by atoms with van der Waals surface area (Å²) in [7, 11) is 1.62. The molecule has 0 bridgehead atoms. The molecule has 0 spiro atoms. The van der Waals surface area contributed by atoms with Crippen LogP contribution in [-0.2, 0) is 6.54 Å². The molecule has 0 aliphatic carbocycles. The Kier molecular flexibility index (Phi) is 6.69. The van der Waals surface area contributed by atoms with E-state index in [0.29, 0.717) is 22.1 Å². The second-order valence-electron chi connectivity index (χ2n) is 8.34. The van der Waals surface area contributed by atoms with Crippen molar-refractivity contribution in [2.75, 3.05) is 25.5 Å². The number of carbonyl (C=O) groups is 1. The van der Waals surface area contributed by atoms with Crippen LogP contribution in [0.5, 0.6) is 5.75 Å². The lowest BCUT2D eigenvalue weighted by molar-refractivity contribution is 0.102. The van der Waals surface area contributed by atoms with Crippen molar-refractivity contribution < 1.29 is 9.53 Å². The highest BCUT2D eigenvalue weighted by Crippen LogP contribution is 2.28. The summed E-state index contributed by atoms with van der Waals surface area (Å²) in [6, 6.07) is 17.3. The van der Waals surface area contributed by atoms with Crippen molar-refractivity contribution in [3.8, 4) is 22.7 Å². The van der Waals surface area contributed by atoms with E-state index in [-0.39, 0.29) is 5.91 Å². The van der Waals surface area contributed by atoms with E-state index >= 15 is 0 Å². The Balaban J connectivity index is 1.41. The fourth-order valence-electron chi connectivity index (χ4n) is 4.18. The molecular weight excluding hydrogens is 446 g/mol. The van der Waals surface area contributed by atoms with Gasteiger partial charge in [-0.2, -0.15) is 5.10 Å². The lowest BCUT2D eigenvalue weighted by atomic mass is 10.1. The van der Waals surface area contributed by atoms with Crippen LogP contribution in [0.1, 0.15) is 35.3 Å². The van der Waals surface area contributed by atoms with Crippen molar-refractivity contribution in [1.82, 2.24) is 19.7 Å². The predicted molar refractivity (Wildman–Crippen MR) is 135 cm³/mol. The van der Waals surface area contributed by atoms with Gasteiger partial charge in [0.1, 0.15) is 11.4 Å². The van der Waals surface area contributed by atoms with Crippen molar-refractivity contribution in [2.24, 2.45) is 0 Å². The molecule has 4 aromatic rings. The van der Waals surface area contributed by atoms with E-state index < -0.39 is 0 Å². The number of ether oxygens (including phenoxy) is 1. The molecule has 1 aliphatic heterocycles. The van der Waals surface area contributed by atoms with Gasteiger partial charge in [-0.25, -0.2) is 9.67 Å². The van der Waals surface area contributed by atoms with Gasteiger partial charge in [0.2, 0.25) is 0 Å². The standard InChI is InChI=1S/C26H27N5O2S/c1-33-22-12-8-9-19(15-22)24-23(17-31(29-24)21-10-4-2-5-11-21)25(32)28-26-27-20(18-34-26)16-30-13-6-3-7-14-30/h2,4-5,8-12,15,17-18H,3,6-7,13-14,16H2,1H3,(H,27,28,32). The molecular formula is C26H27N5O2S. The van der Waals surface area contributed by atoms with Gasteiger partial charge < -0.3 is 4.74 Å². The number of hydrogen-bond donors (Lipinski definition) is 1. The molecule has 1 saturated heterocycles. The van der Waals surface area contributed by atoms with Gasteiger partial charge in [-0.15, -0.1) is 11.3 Å². The third kappa shape index (κ3) is 5.03. The summed E-state index contributed by atoms with van der Waals surface area (Å²) in [6.45, 7) is 3.05. The average Bonchev–Trinajstić information content (AvgIpc) is 3.53. The molecule has 0 unspecified atom stereocenters. The van der Waals surface area contributed by atoms with Crippen molar-refractivity contribution in [3.63, 3.8) is 0 Å². The maximum Gasteiger partial charge on any atom is 0.261 e. The van der Waals surface area contributed by atoms with E-state index in [1.807, 2.05) is 60.0 Å². The Hall–Kier alpha value is -3.49. The molecule has 0 atom stereocenters. The first-order chi connectivity index (χ1) is 16.7. The fraction of sp³-hybridized carbons (Fsp3) is 0.269. The summed E-state index contributed by atoms with van der Waals surface area (Å²) < 4.78 is 7.11. The number of piperidine rings is 1. The molecule has 2 aromatic carbocycles. The molecule has 1 aliphatic rings. The van der Waals surface area contributed by atoms with Crippen LogP contribution in [0.2, 0.25) is 0 Å². The molecule has 8 heteroatoms. The topological polar surface area (TPSA) is 72.3 Å². The molecule has 174 valence electrons. The van der Waals surface area contributed by atoms with Crippen molar-refractivity contribution in [1.29, 1.82) is 0 Å². The quantitative estimate of drug-likeness (QED) is 0.397. The molecule has 2 aromatic heterocycles. The second-order valence-corrected chi connectivity index (χ2v) is 9.20. The van der Waals surface area contributed by atoms with Crippen LogP contribution in [0.3, 0.4) is 0 Å². The average molecular weight is 474 g/mol. The Morgan fingerprint density at radius 3 is 2.71 bits per heavy atom. The Bertz CT molecular complexity index is 1260. The van der Waals surface area contributed by atoms with Crippen LogP contribution in [0.4, 0.5) is 5.13 Å². The zero-order valence-corrected chi connectivity index (χ0v) is 19.9. The number of nitrogens with one attached hydrogen (secondary N) is 1. The smallest absolute Gasteiger partial charge is 0.261 e. The van der Waals surface area contributed by atoms with E-state index in [4.69, 9.17) is 9.84 Å². The first-order valence-electron chi connectivity index (χ1n) is 11.5. The monoisotopic (exact) mass is 473 g/mol. The highest BCUT2D eigenvalue weighted by atomic mass is 32.1. The number of amides is 1. The first-order valence-corrected chi connectivity index (χ1v) is 12.4. The van der Waals surface area contributed by atoms with Crippen LogP contribution in [0, 0.1) is 0 Å². The fourth-order valence-corrected chi connectivity index (χ4v) is 4.88. The van der Waals surface area contributed by atoms with Crippen molar-refractivity contribution >= 4 is 22.4 Å². The number of benzene rings is 2. The Labute approximate surface area is 203 Å². The highest BCUT2D eigenvalue weighted by molar-refractivity contribution is 7.14. The number of carbonyl (C=O) groups excluding carboxylic acids is 1. The summed E-state index contributed by atoms with van der Waals surface area (Å²) in [5, 5.41) is 10.4. The normalized spacial score (nSPS) is 14.1. The number of para-hydroxylation sites is 1. The van der Waals surface area contributed by atoms with Gasteiger partial charge in [-0.1, -0.05) is 36.8 Å². The predicted octanol–water partition coefficient (Wildman–Crippen LogP) is 5.24. The number of thiazole rings is 1. The van der Waals surface area contributed by atoms with Crippen molar-refractivity contribution in [2.45, 2.75) is 25.8 Å². The first kappa shape index (κ1) is 22.3. The minimum atomic E-state index is -0.237. The van der Waals surface area contributed by atoms with E-state index in [1.165, 1.54) is 30.6 Å². The Morgan fingerprint density at radius 2 is 1.91 bits per heavy atom. The Morgan fingerprint density at radius 1 is 1.09 bits per heavy atom. The minimum Gasteiger partial charge on any atom is -0.497 e. The number of methoxy groups -OCH3 is 1. The van der Waals surface area contributed by atoms with E-state index in [9.17, 15) is 4.79 Å². The summed E-state index contributed by atoms with van der Waals surface area (Å²) in [4.78, 5) is 20.5. The van der Waals surface area contributed by atoms with Gasteiger partial charge in [0.05, 0.1) is 24.1 Å². The molecule has 3 heterocycles. The van der Waals surface area contributed by atoms with Gasteiger partial charge in [-0.3, -0.25) is 15.0 Å². The molecule has 1 amide bonds. The molecule has 0 saturated carbocycles. The van der Waals surface area contributed by atoms with Gasteiger partial charge in [0.15, 0.2) is 5.13 Å². The third-order valence-electron chi connectivity index (χ3n) is 5.93. The van der Waals surface area contributed by atoms with Gasteiger partial charge in [0.25, 0.3) is 5.91 Å². The number of hydrogen-bond acceptors (Lipinski definition) is 6. The number of aromatic nitrogens is 3. The van der Waals surface area contributed by atoms with E-state index in [0.717, 1.165) is 36.6 Å². The second kappa shape index (κ2) is 10.2. The van der Waals surface area contributed by atoms with Gasteiger partial charge >= 0.3 is 0 Å². The van der Waals surface area contributed by atoms with Crippen molar-refractivity contribution in [3.05, 3.63) is 77.4 Å². The van der Waals surface area contributed by atoms with E-state index in [2.05, 4.69) is 15.2 Å². The molecule has 5 rings (SSSR count). The molecule has 1 fully saturated rings. The van der Waals surface area contributed by atoms with Crippen LogP contribution >= 0.6 is 11.3 Å². The van der Waals surface area contributed by atoms with E-state index in [1.54, 1.807) is 18.0 Å². The maximum atomic E-state index is 13.4. The number of rotatable bonds is 7. The molecule has 1 N–H and O–H groups in total. The van der Waals surface area contributed by atoms with Gasteiger partial charge in [-0.05, 0) is 50.2 Å². The van der Waals surface area contributed by atoms with Gasteiger partial charge in [0, 0.05) is 23.7 Å². The largest absolute Gasteiger partial charge is 0.497 e. The zero-order valence-electron chi connectivity index (χ0n) is 19.1. The number of anilines is 1. The molecule has 0 radical (unpaired) electrons. The maximum absolute atomic E-state index is 13.4. The summed E-state index contributed by atoms with van der Waals surface area (Å²) in [6.07, 6.45) is 5.56. The lowest BCUT2D eigenvalue weighted by Gasteiger charge is -2.25. The summed E-state index contributed by atoms with van der Waals surface area (Å²) in [5.74, 6) is 0.472. The number of likely N-dealkylation sites (tertiary alicyclic amines) is 1. The van der Waals surface area contributed by atoms with Crippen LogP contribution in [-0.4, -0.2) is 45.8 Å². The molecule has 7 nitrogen and oxygen atoms in total. The molecule has 34 heavy (non-hydrogen) atoms. The lowest BCUT2D eigenvalue weighted by Crippen LogP contribution is -2.29. The minimum absolute atomic E-state index is 0.237. The highest BCUT2D eigenvalue weighted by Gasteiger charge is 2.21. The van der Waals surface area contributed by atoms with Crippen LogP contribution in [0.15, 0.2) is 66.2 Å². The number of nitrogens with zero attached hydrogens (tertiary/aromatic N) is 4.